The number of quaternary nitrogens is 1. The standard InChI is InChI=1S/C50H82NO9P/c1-6-8-10-12-14-15-16-17-18-19-20-21-22-27-30-34-38-42-50(54)60-48(46-59-61(55,56)58-44-43-51(3,4)5)45-57-49(53)41-37-33-29-26-24-23-25-28-32-36-40-47(52)39-35-31-13-11-9-7-2/h9,11,17-18,20-21,23-24,27-33,35-36,40,47-48,52H,6-8,10,12-16,19,22,25-26,34,37-39,41-46H2,1-5H3/b11-9-,18-17-,21-20-,24-23-,30-27-,32-28-,33-29-,35-31-,40-36+/t47?,48-/m1/s1. The van der Waals surface area contributed by atoms with Gasteiger partial charge in [-0.2, -0.15) is 0 Å². The number of ether oxygens (including phenoxy) is 2. The Bertz CT molecular complexity index is 1420. The summed E-state index contributed by atoms with van der Waals surface area (Å²) in [6, 6.07) is 0. The zero-order valence-corrected chi connectivity index (χ0v) is 39.3. The SMILES string of the molecule is CC/C=C\C/C=C\CC(O)/C=C/C=C\C/C=C\C/C=C\CCC(=O)OC[C@H](COP(=O)([O-])OCC[N+](C)(C)C)OC(=O)CCC/C=C\C/C=C\C/C=C\CCCCCCCC. The molecule has 0 saturated heterocycles. The van der Waals surface area contributed by atoms with Gasteiger partial charge in [0.15, 0.2) is 6.10 Å². The Hall–Kier alpha value is -3.37. The van der Waals surface area contributed by atoms with Crippen molar-refractivity contribution in [3.05, 3.63) is 109 Å². The number of hydrogen-bond acceptors (Lipinski definition) is 9. The van der Waals surface area contributed by atoms with Crippen LogP contribution >= 0.6 is 7.82 Å². The number of allylic oxidation sites excluding steroid dienone is 16. The predicted octanol–water partition coefficient (Wildman–Crippen LogP) is 11.5. The molecule has 11 heteroatoms. The van der Waals surface area contributed by atoms with Crippen molar-refractivity contribution in [2.45, 2.75) is 148 Å². The van der Waals surface area contributed by atoms with Gasteiger partial charge in [-0.05, 0) is 77.0 Å². The molecule has 0 rings (SSSR count). The maximum absolute atomic E-state index is 12.7. The molecule has 0 aromatic heterocycles. The molecule has 0 aliphatic heterocycles. The molecular weight excluding hydrogens is 790 g/mol. The van der Waals surface area contributed by atoms with Crippen molar-refractivity contribution in [1.29, 1.82) is 0 Å². The van der Waals surface area contributed by atoms with Crippen LogP contribution in [0.1, 0.15) is 136 Å². The summed E-state index contributed by atoms with van der Waals surface area (Å²) < 4.78 is 33.7. The van der Waals surface area contributed by atoms with Crippen LogP contribution < -0.4 is 4.89 Å². The molecule has 0 amide bonds. The third-order valence-corrected chi connectivity index (χ3v) is 9.83. The van der Waals surface area contributed by atoms with Crippen molar-refractivity contribution in [3.63, 3.8) is 0 Å². The highest BCUT2D eigenvalue weighted by Crippen LogP contribution is 2.38. The lowest BCUT2D eigenvalue weighted by Crippen LogP contribution is -2.37. The number of likely N-dealkylation sites (N-methyl/N-ethyl adjacent to an activating group) is 1. The van der Waals surface area contributed by atoms with Crippen LogP contribution in [0.2, 0.25) is 0 Å². The monoisotopic (exact) mass is 872 g/mol. The van der Waals surface area contributed by atoms with Gasteiger partial charge in [0, 0.05) is 12.8 Å². The normalized spacial score (nSPS) is 15.1. The summed E-state index contributed by atoms with van der Waals surface area (Å²) in [7, 11) is 1.05. The van der Waals surface area contributed by atoms with Crippen LogP contribution in [-0.2, 0) is 32.7 Å². The molecule has 10 nitrogen and oxygen atoms in total. The van der Waals surface area contributed by atoms with Gasteiger partial charge in [0.05, 0.1) is 33.9 Å². The first-order valence-corrected chi connectivity index (χ1v) is 24.2. The highest BCUT2D eigenvalue weighted by atomic mass is 31.2. The van der Waals surface area contributed by atoms with Gasteiger partial charge in [-0.25, -0.2) is 0 Å². The highest BCUT2D eigenvalue weighted by molar-refractivity contribution is 7.45. The zero-order chi connectivity index (χ0) is 45.1. The number of hydrogen-bond donors (Lipinski definition) is 1. The maximum Gasteiger partial charge on any atom is 0.306 e. The Labute approximate surface area is 370 Å². The van der Waals surface area contributed by atoms with E-state index in [2.05, 4.69) is 62.5 Å². The van der Waals surface area contributed by atoms with Gasteiger partial charge in [0.25, 0.3) is 7.82 Å². The van der Waals surface area contributed by atoms with Crippen LogP contribution in [0.25, 0.3) is 0 Å². The fraction of sp³-hybridized carbons (Fsp3) is 0.600. The van der Waals surface area contributed by atoms with E-state index in [0.717, 1.165) is 38.5 Å². The number of aliphatic hydroxyl groups excluding tert-OH is 1. The molecule has 2 unspecified atom stereocenters. The van der Waals surface area contributed by atoms with Crippen molar-refractivity contribution < 1.29 is 47.2 Å². The molecule has 0 aromatic rings. The smallest absolute Gasteiger partial charge is 0.306 e. The molecule has 0 saturated carbocycles. The Balaban J connectivity index is 4.62. The number of phosphoric acid groups is 1. The number of nitrogens with zero attached hydrogens (tertiary/aromatic N) is 1. The summed E-state index contributed by atoms with van der Waals surface area (Å²) in [4.78, 5) is 37.5. The van der Waals surface area contributed by atoms with Crippen molar-refractivity contribution in [3.8, 4) is 0 Å². The van der Waals surface area contributed by atoms with Gasteiger partial charge in [-0.1, -0.05) is 155 Å². The van der Waals surface area contributed by atoms with Crippen LogP contribution in [0.15, 0.2) is 109 Å². The van der Waals surface area contributed by atoms with E-state index in [4.69, 9.17) is 18.5 Å². The molecule has 0 aliphatic rings. The lowest BCUT2D eigenvalue weighted by Gasteiger charge is -2.28. The summed E-state index contributed by atoms with van der Waals surface area (Å²) in [6.07, 6.45) is 51.7. The molecule has 1 N–H and O–H groups in total. The predicted molar refractivity (Wildman–Crippen MR) is 251 cm³/mol. The van der Waals surface area contributed by atoms with E-state index in [-0.39, 0.29) is 26.1 Å². The van der Waals surface area contributed by atoms with E-state index in [0.29, 0.717) is 43.1 Å². The van der Waals surface area contributed by atoms with E-state index in [1.807, 2.05) is 75.8 Å². The lowest BCUT2D eigenvalue weighted by atomic mass is 10.1. The van der Waals surface area contributed by atoms with E-state index in [1.54, 1.807) is 6.08 Å². The number of carbonyl (C=O) groups is 2. The Kier molecular flexibility index (Phi) is 38.4. The zero-order valence-electron chi connectivity index (χ0n) is 38.4. The molecule has 0 aliphatic carbocycles. The number of unbranched alkanes of at least 4 members (excludes halogenated alkanes) is 7. The van der Waals surface area contributed by atoms with Crippen LogP contribution in [0.3, 0.4) is 0 Å². The minimum atomic E-state index is -4.68. The molecule has 61 heavy (non-hydrogen) atoms. The summed E-state index contributed by atoms with van der Waals surface area (Å²) in [6.45, 7) is 3.85. The molecule has 0 fully saturated rings. The van der Waals surface area contributed by atoms with E-state index >= 15 is 0 Å². The Morgan fingerprint density at radius 3 is 1.82 bits per heavy atom. The average molecular weight is 872 g/mol. The van der Waals surface area contributed by atoms with Crippen LogP contribution in [-0.4, -0.2) is 81.2 Å². The highest BCUT2D eigenvalue weighted by Gasteiger charge is 2.21. The Morgan fingerprint density at radius 1 is 0.623 bits per heavy atom. The average Bonchev–Trinajstić information content (AvgIpc) is 3.21. The number of rotatable bonds is 39. The molecule has 0 spiro atoms. The molecule has 0 bridgehead atoms. The first kappa shape index (κ1) is 57.6. The summed E-state index contributed by atoms with van der Waals surface area (Å²) in [5.41, 5.74) is 0. The second-order valence-electron chi connectivity index (χ2n) is 15.9. The maximum atomic E-state index is 12.7. The van der Waals surface area contributed by atoms with E-state index in [9.17, 15) is 24.2 Å². The van der Waals surface area contributed by atoms with Gasteiger partial charge >= 0.3 is 11.9 Å². The largest absolute Gasteiger partial charge is 0.756 e. The van der Waals surface area contributed by atoms with E-state index in [1.165, 1.54) is 38.5 Å². The summed E-state index contributed by atoms with van der Waals surface area (Å²) in [5.74, 6) is -1.04. The van der Waals surface area contributed by atoms with Gasteiger partial charge < -0.3 is 33.0 Å². The van der Waals surface area contributed by atoms with Gasteiger partial charge in [-0.15, -0.1) is 0 Å². The van der Waals surface area contributed by atoms with Gasteiger partial charge in [0.2, 0.25) is 0 Å². The van der Waals surface area contributed by atoms with E-state index < -0.39 is 38.6 Å². The molecule has 0 aromatic carbocycles. The minimum absolute atomic E-state index is 0.0659. The quantitative estimate of drug-likeness (QED) is 0.0160. The van der Waals surface area contributed by atoms with Crippen molar-refractivity contribution in [2.75, 3.05) is 47.5 Å². The van der Waals surface area contributed by atoms with Gasteiger partial charge in [0.1, 0.15) is 19.8 Å². The lowest BCUT2D eigenvalue weighted by molar-refractivity contribution is -0.870. The molecule has 0 radical (unpaired) electrons. The Morgan fingerprint density at radius 2 is 1.18 bits per heavy atom. The minimum Gasteiger partial charge on any atom is -0.756 e. The van der Waals surface area contributed by atoms with Crippen molar-refractivity contribution >= 4 is 19.8 Å². The fourth-order valence-corrected chi connectivity index (χ4v) is 6.04. The van der Waals surface area contributed by atoms with Crippen molar-refractivity contribution in [2.24, 2.45) is 0 Å². The second kappa shape index (κ2) is 40.7. The number of aliphatic hydroxyl groups is 1. The third-order valence-electron chi connectivity index (χ3n) is 8.87. The number of carbonyl (C=O) groups excluding carboxylic acids is 2. The first-order chi connectivity index (χ1) is 29.4. The van der Waals surface area contributed by atoms with Crippen LogP contribution in [0, 0.1) is 0 Å². The van der Waals surface area contributed by atoms with Gasteiger partial charge in [-0.3, -0.25) is 14.2 Å². The molecule has 0 heterocycles. The van der Waals surface area contributed by atoms with Crippen LogP contribution in [0.5, 0.6) is 0 Å². The van der Waals surface area contributed by atoms with Crippen LogP contribution in [0.4, 0.5) is 0 Å². The van der Waals surface area contributed by atoms with Crippen molar-refractivity contribution in [1.82, 2.24) is 0 Å². The first-order valence-electron chi connectivity index (χ1n) is 22.7. The third kappa shape index (κ3) is 44.5. The molecule has 346 valence electrons. The second-order valence-corrected chi connectivity index (χ2v) is 17.3. The topological polar surface area (TPSA) is 131 Å². The summed E-state index contributed by atoms with van der Waals surface area (Å²) >= 11 is 0. The number of phosphoric ester groups is 1. The molecule has 3 atom stereocenters. The molecular formula is C50H82NO9P. The summed E-state index contributed by atoms with van der Waals surface area (Å²) in [5, 5.41) is 10.0. The number of esters is 2. The fourth-order valence-electron chi connectivity index (χ4n) is 5.31.